The van der Waals surface area contributed by atoms with Gasteiger partial charge >= 0.3 is 0 Å². The number of hydrogen-bond donors (Lipinski definition) is 1. The van der Waals surface area contributed by atoms with Crippen molar-refractivity contribution in [3.8, 4) is 0 Å². The molecule has 0 aliphatic carbocycles. The number of hydrogen-bond acceptors (Lipinski definition) is 4. The summed E-state index contributed by atoms with van der Waals surface area (Å²) in [6.07, 6.45) is 3.45. The molecule has 1 aromatic heterocycles. The summed E-state index contributed by atoms with van der Waals surface area (Å²) in [5, 5.41) is 9.66. The van der Waals surface area contributed by atoms with Crippen molar-refractivity contribution in [2.24, 2.45) is 0 Å². The molecule has 1 aliphatic heterocycles. The molecule has 1 aliphatic rings. The van der Waals surface area contributed by atoms with E-state index in [1.807, 2.05) is 24.3 Å². The van der Waals surface area contributed by atoms with Crippen LogP contribution >= 0.6 is 0 Å². The molecule has 0 radical (unpaired) electrons. The zero-order valence-corrected chi connectivity index (χ0v) is 9.58. The van der Waals surface area contributed by atoms with Crippen LogP contribution in [0.2, 0.25) is 0 Å². The number of anilines is 1. The molecule has 4 nitrogen and oxygen atoms in total. The van der Waals surface area contributed by atoms with Gasteiger partial charge in [-0.2, -0.15) is 0 Å². The minimum atomic E-state index is -0.239. The largest absolute Gasteiger partial charge is 0.391 e. The Morgan fingerprint density at radius 1 is 1.24 bits per heavy atom. The molecule has 1 fully saturated rings. The molecule has 0 saturated carbocycles. The van der Waals surface area contributed by atoms with Gasteiger partial charge in [0.25, 0.3) is 0 Å². The van der Waals surface area contributed by atoms with Crippen LogP contribution in [-0.4, -0.2) is 34.3 Å². The van der Waals surface area contributed by atoms with Gasteiger partial charge in [-0.15, -0.1) is 0 Å². The zero-order valence-electron chi connectivity index (χ0n) is 9.58. The van der Waals surface area contributed by atoms with E-state index in [2.05, 4.69) is 14.9 Å². The van der Waals surface area contributed by atoms with Crippen LogP contribution < -0.4 is 4.90 Å². The van der Waals surface area contributed by atoms with Crippen LogP contribution in [0.4, 0.5) is 5.82 Å². The molecule has 2 heterocycles. The fraction of sp³-hybridized carbons (Fsp3) is 0.385. The van der Waals surface area contributed by atoms with E-state index >= 15 is 0 Å². The molecule has 1 aromatic carbocycles. The lowest BCUT2D eigenvalue weighted by Gasteiger charge is -2.30. The number of rotatable bonds is 1. The quantitative estimate of drug-likeness (QED) is 0.806. The number of para-hydroxylation sites is 2. The first-order valence-electron chi connectivity index (χ1n) is 5.98. The Hall–Kier alpha value is -1.68. The van der Waals surface area contributed by atoms with Crippen LogP contribution in [0, 0.1) is 0 Å². The van der Waals surface area contributed by atoms with E-state index in [9.17, 15) is 5.11 Å². The average molecular weight is 229 g/mol. The van der Waals surface area contributed by atoms with Crippen molar-refractivity contribution in [2.45, 2.75) is 18.9 Å². The van der Waals surface area contributed by atoms with E-state index < -0.39 is 0 Å². The molecule has 1 saturated heterocycles. The lowest BCUT2D eigenvalue weighted by molar-refractivity contribution is 0.154. The van der Waals surface area contributed by atoms with Gasteiger partial charge in [-0.1, -0.05) is 12.1 Å². The number of aliphatic hydroxyl groups excluding tert-OH is 1. The van der Waals surface area contributed by atoms with E-state index in [1.54, 1.807) is 6.20 Å². The topological polar surface area (TPSA) is 49.2 Å². The summed E-state index contributed by atoms with van der Waals surface area (Å²) in [5.41, 5.74) is 1.82. The first-order valence-corrected chi connectivity index (χ1v) is 5.98. The molecule has 88 valence electrons. The molecule has 3 rings (SSSR count). The van der Waals surface area contributed by atoms with E-state index in [4.69, 9.17) is 0 Å². The smallest absolute Gasteiger partial charge is 0.147 e. The van der Waals surface area contributed by atoms with Gasteiger partial charge < -0.3 is 10.0 Å². The van der Waals surface area contributed by atoms with Crippen LogP contribution in [0.3, 0.4) is 0 Å². The first-order chi connectivity index (χ1) is 8.33. The highest BCUT2D eigenvalue weighted by Gasteiger charge is 2.19. The second-order valence-electron chi connectivity index (χ2n) is 4.46. The molecule has 17 heavy (non-hydrogen) atoms. The highest BCUT2D eigenvalue weighted by atomic mass is 16.3. The zero-order chi connectivity index (χ0) is 11.7. The number of aliphatic hydroxyl groups is 1. The number of piperidine rings is 1. The van der Waals surface area contributed by atoms with Crippen molar-refractivity contribution in [3.63, 3.8) is 0 Å². The summed E-state index contributed by atoms with van der Waals surface area (Å²) < 4.78 is 0. The third-order valence-corrected chi connectivity index (χ3v) is 3.16. The van der Waals surface area contributed by atoms with Gasteiger partial charge in [-0.25, -0.2) is 4.98 Å². The predicted octanol–water partition coefficient (Wildman–Crippen LogP) is 1.59. The summed E-state index contributed by atoms with van der Waals surface area (Å²) >= 11 is 0. The van der Waals surface area contributed by atoms with Crippen molar-refractivity contribution >= 4 is 16.9 Å². The van der Waals surface area contributed by atoms with E-state index in [0.29, 0.717) is 6.54 Å². The number of fused-ring (bicyclic) bond motifs is 1. The highest BCUT2D eigenvalue weighted by Crippen LogP contribution is 2.19. The molecule has 0 spiro atoms. The molecular formula is C13H15N3O. The minimum absolute atomic E-state index is 0.239. The van der Waals surface area contributed by atoms with Gasteiger partial charge in [0, 0.05) is 13.1 Å². The van der Waals surface area contributed by atoms with E-state index in [1.165, 1.54) is 0 Å². The number of nitrogens with zero attached hydrogens (tertiary/aromatic N) is 3. The van der Waals surface area contributed by atoms with Crippen LogP contribution in [0.15, 0.2) is 30.5 Å². The first kappa shape index (κ1) is 10.5. The van der Waals surface area contributed by atoms with Crippen molar-refractivity contribution in [3.05, 3.63) is 30.5 Å². The third kappa shape index (κ3) is 2.08. The maximum absolute atomic E-state index is 9.66. The van der Waals surface area contributed by atoms with Gasteiger partial charge in [0.2, 0.25) is 0 Å². The Bertz CT molecular complexity index is 529. The molecule has 0 unspecified atom stereocenters. The second-order valence-corrected chi connectivity index (χ2v) is 4.46. The molecular weight excluding hydrogens is 214 g/mol. The fourth-order valence-corrected chi connectivity index (χ4v) is 2.26. The molecule has 0 bridgehead atoms. The minimum Gasteiger partial charge on any atom is -0.391 e. The summed E-state index contributed by atoms with van der Waals surface area (Å²) in [4.78, 5) is 11.1. The molecule has 4 heteroatoms. The maximum atomic E-state index is 9.66. The van der Waals surface area contributed by atoms with Gasteiger partial charge in [0.05, 0.1) is 23.3 Å². The Morgan fingerprint density at radius 3 is 2.88 bits per heavy atom. The second kappa shape index (κ2) is 4.30. The standard InChI is InChI=1S/C13H15N3O/c17-10-4-3-7-16(9-10)13-8-14-11-5-1-2-6-12(11)15-13/h1-2,5-6,8,10,17H,3-4,7,9H2/t10-/m0/s1. The molecule has 2 aromatic rings. The lowest BCUT2D eigenvalue weighted by atomic mass is 10.1. The molecule has 1 atom stereocenters. The molecule has 1 N–H and O–H groups in total. The van der Waals surface area contributed by atoms with Crippen molar-refractivity contribution < 1.29 is 5.11 Å². The van der Waals surface area contributed by atoms with Crippen LogP contribution in [0.1, 0.15) is 12.8 Å². The molecule has 0 amide bonds. The third-order valence-electron chi connectivity index (χ3n) is 3.16. The lowest BCUT2D eigenvalue weighted by Crippen LogP contribution is -2.38. The summed E-state index contributed by atoms with van der Waals surface area (Å²) in [6, 6.07) is 7.84. The van der Waals surface area contributed by atoms with E-state index in [0.717, 1.165) is 36.2 Å². The van der Waals surface area contributed by atoms with Crippen molar-refractivity contribution in [2.75, 3.05) is 18.0 Å². The summed E-state index contributed by atoms with van der Waals surface area (Å²) in [7, 11) is 0. The van der Waals surface area contributed by atoms with Crippen molar-refractivity contribution in [1.82, 2.24) is 9.97 Å². The van der Waals surface area contributed by atoms with Crippen LogP contribution in [0.5, 0.6) is 0 Å². The monoisotopic (exact) mass is 229 g/mol. The van der Waals surface area contributed by atoms with E-state index in [-0.39, 0.29) is 6.10 Å². The SMILES string of the molecule is O[C@H]1CCCN(c2cnc3ccccc3n2)C1. The summed E-state index contributed by atoms with van der Waals surface area (Å²) in [6.45, 7) is 1.61. The highest BCUT2D eigenvalue weighted by molar-refractivity contribution is 5.75. The number of aromatic nitrogens is 2. The predicted molar refractivity (Wildman–Crippen MR) is 67.0 cm³/mol. The van der Waals surface area contributed by atoms with Crippen LogP contribution in [0.25, 0.3) is 11.0 Å². The van der Waals surface area contributed by atoms with Gasteiger partial charge in [0.1, 0.15) is 5.82 Å². The number of β-amino-alcohol motifs (C(OH)–C–C–N with tert-alkyl or cyclic N) is 1. The van der Waals surface area contributed by atoms with Crippen LogP contribution in [-0.2, 0) is 0 Å². The Kier molecular flexibility index (Phi) is 2.65. The van der Waals surface area contributed by atoms with Crippen molar-refractivity contribution in [1.29, 1.82) is 0 Å². The Labute approximate surface area is 99.9 Å². The van der Waals surface area contributed by atoms with Gasteiger partial charge in [-0.05, 0) is 25.0 Å². The van der Waals surface area contributed by atoms with Gasteiger partial charge in [0.15, 0.2) is 0 Å². The summed E-state index contributed by atoms with van der Waals surface area (Å²) in [5.74, 6) is 0.863. The Balaban J connectivity index is 1.94. The fourth-order valence-electron chi connectivity index (χ4n) is 2.26. The number of benzene rings is 1. The Morgan fingerprint density at radius 2 is 2.06 bits per heavy atom. The maximum Gasteiger partial charge on any atom is 0.147 e. The van der Waals surface area contributed by atoms with Gasteiger partial charge in [-0.3, -0.25) is 4.98 Å². The average Bonchev–Trinajstić information content (AvgIpc) is 2.38. The normalized spacial score (nSPS) is 20.8.